The topological polar surface area (TPSA) is 55.1 Å². The molecule has 1 aliphatic carbocycles. The van der Waals surface area contributed by atoms with Gasteiger partial charge in [-0.05, 0) is 43.1 Å². The second-order valence-electron chi connectivity index (χ2n) is 5.26. The highest BCUT2D eigenvalue weighted by atomic mass is 32.2. The monoisotopic (exact) mass is 282 g/mol. The SMILES string of the molecule is NC1(CNC(=O)c2cc3c(s2)CCSC3)CCC1. The minimum absolute atomic E-state index is 0.0520. The summed E-state index contributed by atoms with van der Waals surface area (Å²) in [4.78, 5) is 14.3. The third-order valence-electron chi connectivity index (χ3n) is 3.80. The van der Waals surface area contributed by atoms with Crippen molar-refractivity contribution in [1.29, 1.82) is 0 Å². The minimum atomic E-state index is -0.137. The maximum absolute atomic E-state index is 12.1. The van der Waals surface area contributed by atoms with Gasteiger partial charge in [0.05, 0.1) is 4.88 Å². The Hall–Kier alpha value is -0.520. The van der Waals surface area contributed by atoms with Gasteiger partial charge in [-0.25, -0.2) is 0 Å². The smallest absolute Gasteiger partial charge is 0.261 e. The number of hydrogen-bond donors (Lipinski definition) is 2. The molecule has 0 aromatic carbocycles. The molecule has 0 bridgehead atoms. The lowest BCUT2D eigenvalue weighted by Crippen LogP contribution is -2.54. The number of amides is 1. The van der Waals surface area contributed by atoms with E-state index in [9.17, 15) is 4.79 Å². The molecule has 1 aromatic rings. The summed E-state index contributed by atoms with van der Waals surface area (Å²) in [5.74, 6) is 2.29. The summed E-state index contributed by atoms with van der Waals surface area (Å²) in [5, 5.41) is 2.99. The molecule has 0 atom stereocenters. The molecule has 18 heavy (non-hydrogen) atoms. The fraction of sp³-hybridized carbons (Fsp3) is 0.615. The first kappa shape index (κ1) is 12.5. The van der Waals surface area contributed by atoms with Crippen LogP contribution >= 0.6 is 23.1 Å². The fourth-order valence-corrected chi connectivity index (χ4v) is 4.70. The zero-order valence-corrected chi connectivity index (χ0v) is 12.0. The number of aryl methyl sites for hydroxylation is 1. The molecule has 0 unspecified atom stereocenters. The second kappa shape index (κ2) is 4.87. The van der Waals surface area contributed by atoms with Crippen LogP contribution in [0.2, 0.25) is 0 Å². The zero-order chi connectivity index (χ0) is 12.6. The lowest BCUT2D eigenvalue weighted by molar-refractivity contribution is 0.0934. The molecule has 3 rings (SSSR count). The van der Waals surface area contributed by atoms with Gasteiger partial charge in [-0.1, -0.05) is 0 Å². The molecule has 1 saturated carbocycles. The number of fused-ring (bicyclic) bond motifs is 1. The molecule has 1 fully saturated rings. The summed E-state index contributed by atoms with van der Waals surface area (Å²) in [6, 6.07) is 2.06. The fourth-order valence-electron chi connectivity index (χ4n) is 2.41. The maximum atomic E-state index is 12.1. The Balaban J connectivity index is 1.63. The summed E-state index contributed by atoms with van der Waals surface area (Å²) < 4.78 is 0. The Bertz CT molecular complexity index is 442. The van der Waals surface area contributed by atoms with Crippen LogP contribution in [0.3, 0.4) is 0 Å². The summed E-state index contributed by atoms with van der Waals surface area (Å²) in [6.07, 6.45) is 4.37. The Kier molecular flexibility index (Phi) is 3.38. The number of carbonyl (C=O) groups excluding carboxylic acids is 1. The summed E-state index contributed by atoms with van der Waals surface area (Å²) in [5.41, 5.74) is 7.33. The van der Waals surface area contributed by atoms with Crippen LogP contribution in [0.5, 0.6) is 0 Å². The van der Waals surface area contributed by atoms with Crippen LogP contribution in [0.15, 0.2) is 6.07 Å². The first-order valence-corrected chi connectivity index (χ1v) is 8.40. The largest absolute Gasteiger partial charge is 0.349 e. The van der Waals surface area contributed by atoms with Gasteiger partial charge >= 0.3 is 0 Å². The molecule has 2 aliphatic rings. The van der Waals surface area contributed by atoms with Crippen LogP contribution in [-0.2, 0) is 12.2 Å². The van der Waals surface area contributed by atoms with Crippen LogP contribution < -0.4 is 11.1 Å². The number of thioether (sulfide) groups is 1. The highest BCUT2D eigenvalue weighted by Gasteiger charge is 2.32. The van der Waals surface area contributed by atoms with Gasteiger partial charge in [-0.3, -0.25) is 4.79 Å². The van der Waals surface area contributed by atoms with Crippen LogP contribution in [0, 0.1) is 0 Å². The molecule has 2 heterocycles. The predicted molar refractivity (Wildman–Crippen MR) is 77.3 cm³/mol. The molecule has 0 spiro atoms. The van der Waals surface area contributed by atoms with E-state index in [0.29, 0.717) is 6.54 Å². The molecule has 3 N–H and O–H groups in total. The van der Waals surface area contributed by atoms with E-state index in [1.807, 2.05) is 11.8 Å². The maximum Gasteiger partial charge on any atom is 0.261 e. The van der Waals surface area contributed by atoms with Crippen molar-refractivity contribution in [2.24, 2.45) is 5.73 Å². The molecule has 5 heteroatoms. The van der Waals surface area contributed by atoms with Crippen molar-refractivity contribution in [2.75, 3.05) is 12.3 Å². The van der Waals surface area contributed by atoms with Gasteiger partial charge in [-0.15, -0.1) is 11.3 Å². The van der Waals surface area contributed by atoms with Crippen LogP contribution in [-0.4, -0.2) is 23.7 Å². The Labute approximate surface area is 116 Å². The molecular formula is C13H18N2OS2. The summed E-state index contributed by atoms with van der Waals surface area (Å²) in [6.45, 7) is 0.614. The van der Waals surface area contributed by atoms with Crippen LogP contribution in [0.1, 0.15) is 39.4 Å². The summed E-state index contributed by atoms with van der Waals surface area (Å²) >= 11 is 3.60. The van der Waals surface area contributed by atoms with Gasteiger partial charge in [0.2, 0.25) is 0 Å². The highest BCUT2D eigenvalue weighted by molar-refractivity contribution is 7.98. The van der Waals surface area contributed by atoms with Crippen molar-refractivity contribution in [3.8, 4) is 0 Å². The molecule has 0 radical (unpaired) electrons. The van der Waals surface area contributed by atoms with E-state index in [-0.39, 0.29) is 11.4 Å². The first-order chi connectivity index (χ1) is 8.66. The van der Waals surface area contributed by atoms with E-state index >= 15 is 0 Å². The van der Waals surface area contributed by atoms with E-state index in [1.54, 1.807) is 11.3 Å². The quantitative estimate of drug-likeness (QED) is 0.893. The van der Waals surface area contributed by atoms with E-state index in [0.717, 1.165) is 29.9 Å². The third-order valence-corrected chi connectivity index (χ3v) is 6.05. The van der Waals surface area contributed by atoms with E-state index in [2.05, 4.69) is 11.4 Å². The number of thiophene rings is 1. The Morgan fingerprint density at radius 3 is 3.00 bits per heavy atom. The lowest BCUT2D eigenvalue weighted by Gasteiger charge is -2.38. The normalized spacial score (nSPS) is 20.9. The molecular weight excluding hydrogens is 264 g/mol. The number of rotatable bonds is 3. The standard InChI is InChI=1S/C13H18N2OS2/c14-13(3-1-4-13)8-15-12(16)11-6-9-7-17-5-2-10(9)18-11/h6H,1-5,7-8,14H2,(H,15,16). The van der Waals surface area contributed by atoms with Crippen LogP contribution in [0.4, 0.5) is 0 Å². The molecule has 1 aliphatic heterocycles. The van der Waals surface area contributed by atoms with E-state index in [1.165, 1.54) is 22.6 Å². The Morgan fingerprint density at radius 1 is 1.50 bits per heavy atom. The van der Waals surface area contributed by atoms with Crippen molar-refractivity contribution in [3.05, 3.63) is 21.4 Å². The van der Waals surface area contributed by atoms with Crippen molar-refractivity contribution in [3.63, 3.8) is 0 Å². The van der Waals surface area contributed by atoms with E-state index in [4.69, 9.17) is 5.73 Å². The second-order valence-corrected chi connectivity index (χ2v) is 7.50. The zero-order valence-electron chi connectivity index (χ0n) is 10.3. The number of nitrogens with one attached hydrogen (secondary N) is 1. The molecule has 3 nitrogen and oxygen atoms in total. The number of nitrogens with two attached hydrogens (primary N) is 1. The number of hydrogen-bond acceptors (Lipinski definition) is 4. The van der Waals surface area contributed by atoms with Gasteiger partial charge < -0.3 is 11.1 Å². The minimum Gasteiger partial charge on any atom is -0.349 e. The molecule has 1 amide bonds. The average Bonchev–Trinajstić information content (AvgIpc) is 2.77. The van der Waals surface area contributed by atoms with Gasteiger partial charge in [-0.2, -0.15) is 11.8 Å². The summed E-state index contributed by atoms with van der Waals surface area (Å²) in [7, 11) is 0. The van der Waals surface area contributed by atoms with Gasteiger partial charge in [0, 0.05) is 22.7 Å². The van der Waals surface area contributed by atoms with Gasteiger partial charge in [0.25, 0.3) is 5.91 Å². The Morgan fingerprint density at radius 2 is 2.33 bits per heavy atom. The van der Waals surface area contributed by atoms with E-state index < -0.39 is 0 Å². The first-order valence-electron chi connectivity index (χ1n) is 6.43. The molecule has 98 valence electrons. The highest BCUT2D eigenvalue weighted by Crippen LogP contribution is 2.32. The molecule has 0 saturated heterocycles. The third kappa shape index (κ3) is 2.44. The number of carbonyl (C=O) groups is 1. The van der Waals surface area contributed by atoms with Crippen molar-refractivity contribution in [1.82, 2.24) is 5.32 Å². The van der Waals surface area contributed by atoms with Crippen molar-refractivity contribution in [2.45, 2.75) is 37.0 Å². The van der Waals surface area contributed by atoms with Gasteiger partial charge in [0.1, 0.15) is 0 Å². The van der Waals surface area contributed by atoms with Crippen LogP contribution in [0.25, 0.3) is 0 Å². The average molecular weight is 282 g/mol. The van der Waals surface area contributed by atoms with Crippen molar-refractivity contribution < 1.29 is 4.79 Å². The predicted octanol–water partition coefficient (Wildman–Crippen LogP) is 2.15. The van der Waals surface area contributed by atoms with Gasteiger partial charge in [0.15, 0.2) is 0 Å². The lowest BCUT2D eigenvalue weighted by atomic mass is 9.78. The van der Waals surface area contributed by atoms with Crippen molar-refractivity contribution >= 4 is 29.0 Å². The molecule has 1 aromatic heterocycles.